The van der Waals surface area contributed by atoms with E-state index in [1.807, 2.05) is 24.3 Å². The summed E-state index contributed by atoms with van der Waals surface area (Å²) in [6, 6.07) is 7.44. The fraction of sp³-hybridized carbons (Fsp3) is 0.591. The first-order valence-electron chi connectivity index (χ1n) is 21.2. The minimum atomic E-state index is -1.73. The second kappa shape index (κ2) is 20.5. The number of hydrogen-bond donors (Lipinski definition) is 9. The highest BCUT2D eigenvalue weighted by atomic mass is 16.8. The summed E-state index contributed by atoms with van der Waals surface area (Å²) >= 11 is 0. The summed E-state index contributed by atoms with van der Waals surface area (Å²) in [6.45, 7) is 7.58. The lowest BCUT2D eigenvalue weighted by Gasteiger charge is -2.45. The first-order chi connectivity index (χ1) is 30.8. The van der Waals surface area contributed by atoms with Crippen LogP contribution in [0.5, 0.6) is 0 Å². The van der Waals surface area contributed by atoms with E-state index < -0.39 is 129 Å². The number of fused-ring (bicyclic) bond motifs is 3. The zero-order valence-electron chi connectivity index (χ0n) is 35.4. The van der Waals surface area contributed by atoms with E-state index in [1.54, 1.807) is 12.2 Å². The summed E-state index contributed by atoms with van der Waals surface area (Å²) in [5.74, 6) is -4.23. The third-order valence-corrected chi connectivity index (χ3v) is 13.1. The van der Waals surface area contributed by atoms with Crippen molar-refractivity contribution in [3.8, 4) is 0 Å². The van der Waals surface area contributed by atoms with Crippen LogP contribution >= 0.6 is 0 Å². The van der Waals surface area contributed by atoms with Crippen molar-refractivity contribution in [1.29, 1.82) is 0 Å². The molecule has 64 heavy (non-hydrogen) atoms. The van der Waals surface area contributed by atoms with Gasteiger partial charge in [-0.05, 0) is 37.4 Å². The molecule has 352 valence electrons. The van der Waals surface area contributed by atoms with E-state index in [9.17, 15) is 50.4 Å². The molecule has 20 heteroatoms. The largest absolute Gasteiger partial charge is 0.471 e. The number of para-hydroxylation sites is 1. The van der Waals surface area contributed by atoms with Crippen molar-refractivity contribution >= 4 is 22.8 Å². The van der Waals surface area contributed by atoms with E-state index in [0.717, 1.165) is 22.2 Å². The number of nitrogens with zero attached hydrogens (tertiary/aromatic N) is 1. The molecule has 0 spiro atoms. The van der Waals surface area contributed by atoms with Gasteiger partial charge in [0.15, 0.2) is 12.6 Å². The van der Waals surface area contributed by atoms with Gasteiger partial charge in [-0.15, -0.1) is 13.2 Å². The van der Waals surface area contributed by atoms with Gasteiger partial charge in [0.1, 0.15) is 48.8 Å². The van der Waals surface area contributed by atoms with Crippen LogP contribution < -0.4 is 0 Å². The van der Waals surface area contributed by atoms with Crippen LogP contribution in [0.4, 0.5) is 0 Å². The lowest BCUT2D eigenvalue weighted by Crippen LogP contribution is -2.60. The Bertz CT molecular complexity index is 2040. The monoisotopic (exact) mass is 902 g/mol. The number of aliphatic hydroxyl groups excluding tert-OH is 8. The molecule has 0 aliphatic carbocycles. The highest BCUT2D eigenvalue weighted by molar-refractivity contribution is 5.89. The zero-order chi connectivity index (χ0) is 46.0. The van der Waals surface area contributed by atoms with Crippen LogP contribution in [0.3, 0.4) is 0 Å². The van der Waals surface area contributed by atoms with E-state index in [-0.39, 0.29) is 17.6 Å². The number of carbonyl (C=O) groups excluding carboxylic acids is 2. The van der Waals surface area contributed by atoms with Gasteiger partial charge in [0.05, 0.1) is 57.1 Å². The van der Waals surface area contributed by atoms with E-state index in [2.05, 4.69) is 23.0 Å². The van der Waals surface area contributed by atoms with Crippen LogP contribution in [0.15, 0.2) is 73.2 Å². The Morgan fingerprint density at radius 2 is 1.27 bits per heavy atom. The Morgan fingerprint density at radius 3 is 1.78 bits per heavy atom. The zero-order valence-corrected chi connectivity index (χ0v) is 35.4. The van der Waals surface area contributed by atoms with Crippen molar-refractivity contribution in [2.24, 2.45) is 23.7 Å². The van der Waals surface area contributed by atoms with Crippen molar-refractivity contribution in [3.05, 3.63) is 84.5 Å². The van der Waals surface area contributed by atoms with Crippen LogP contribution in [-0.4, -0.2) is 177 Å². The standard InChI is InChI=1S/C44H58N2O18/c1-5-20-22(26(39(55)57-3)18-59-41(20)63-43-37(53)35(51)33(49)30(16-47)61-43)11-13-46-14-12-24-23-9-7-8-10-28(23)45-32(24)29(46)15-25-21(6-2)42(60-19-27(25)40(56)58-4)64-44-38(54)36(52)34(50)31(17-48)62-44/h5-10,18-22,25,29-31,33-38,41-45,47-54H,1-2,11-17H2,3-4H3/t20-,21-,22+,25+,29+,30+,31+,33+,34+,35-,36-,37+,38+,41+,42+,43-,44-/m0/s1. The molecule has 2 saturated heterocycles. The van der Waals surface area contributed by atoms with Gasteiger partial charge in [-0.2, -0.15) is 0 Å². The highest BCUT2D eigenvalue weighted by Gasteiger charge is 2.50. The smallest absolute Gasteiger partial charge is 0.337 e. The van der Waals surface area contributed by atoms with Crippen LogP contribution in [-0.2, 0) is 53.9 Å². The van der Waals surface area contributed by atoms with Gasteiger partial charge in [0.2, 0.25) is 12.6 Å². The number of aromatic amines is 1. The Labute approximate surface area is 368 Å². The van der Waals surface area contributed by atoms with Crippen LogP contribution in [0.2, 0.25) is 0 Å². The number of H-pyrrole nitrogens is 1. The summed E-state index contributed by atoms with van der Waals surface area (Å²) in [5.41, 5.74) is 3.22. The molecule has 2 aromatic rings. The molecule has 0 bridgehead atoms. The molecule has 6 heterocycles. The molecule has 0 saturated carbocycles. The number of aromatic nitrogens is 1. The molecule has 2 fully saturated rings. The van der Waals surface area contributed by atoms with E-state index in [0.29, 0.717) is 25.9 Å². The molecule has 17 atom stereocenters. The third-order valence-electron chi connectivity index (χ3n) is 13.1. The summed E-state index contributed by atoms with van der Waals surface area (Å²) < 4.78 is 45.5. The summed E-state index contributed by atoms with van der Waals surface area (Å²) in [7, 11) is 2.48. The normalized spacial score (nSPS) is 37.9. The molecule has 5 aliphatic rings. The van der Waals surface area contributed by atoms with Gasteiger partial charge in [-0.25, -0.2) is 9.59 Å². The van der Waals surface area contributed by atoms with Crippen molar-refractivity contribution in [2.75, 3.05) is 40.5 Å². The fourth-order valence-corrected chi connectivity index (χ4v) is 9.57. The van der Waals surface area contributed by atoms with E-state index >= 15 is 0 Å². The molecule has 0 radical (unpaired) electrons. The number of rotatable bonds is 15. The molecule has 20 nitrogen and oxygen atoms in total. The molecule has 1 aromatic heterocycles. The predicted molar refractivity (Wildman–Crippen MR) is 220 cm³/mol. The summed E-state index contributed by atoms with van der Waals surface area (Å²) in [5, 5.41) is 83.8. The molecule has 1 aromatic carbocycles. The van der Waals surface area contributed by atoms with Crippen molar-refractivity contribution in [2.45, 2.75) is 99.3 Å². The molecule has 9 N–H and O–H groups in total. The summed E-state index contributed by atoms with van der Waals surface area (Å²) in [6.07, 6.45) is -11.4. The number of benzene rings is 1. The van der Waals surface area contributed by atoms with Gasteiger partial charge in [0, 0.05) is 46.8 Å². The average molecular weight is 903 g/mol. The first-order valence-corrected chi connectivity index (χ1v) is 21.2. The number of aliphatic hydroxyl groups is 8. The minimum Gasteiger partial charge on any atom is -0.471 e. The SMILES string of the molecule is C=C[C@@H]1[C@@H](O[C@@H]2O[C@H](CO)[C@@H](O)[C@H](O)[C@H]2O)OC=C(C(=O)OC)[C@@H]1CCN1CCc2c([nH]c3ccccc23)[C@H]1C[C@H]1C(C(=O)OC)=CO[C@H](O[C@@H]2O[C@H](CO)[C@@H](O)[C@H](O)[C@H]2O)[C@H]1C=C. The number of ether oxygens (including phenoxy) is 8. The molecule has 5 aliphatic heterocycles. The topological polar surface area (TPSA) is 289 Å². The molecular weight excluding hydrogens is 844 g/mol. The Morgan fingerprint density at radius 1 is 0.750 bits per heavy atom. The van der Waals surface area contributed by atoms with Gasteiger partial charge < -0.3 is 83.7 Å². The average Bonchev–Trinajstić information content (AvgIpc) is 3.70. The maximum Gasteiger partial charge on any atom is 0.337 e. The van der Waals surface area contributed by atoms with Crippen LogP contribution in [0.1, 0.15) is 30.1 Å². The van der Waals surface area contributed by atoms with E-state index in [1.165, 1.54) is 26.7 Å². The molecular formula is C44H58N2O18. The highest BCUT2D eigenvalue weighted by Crippen LogP contribution is 2.46. The second-order valence-electron chi connectivity index (χ2n) is 16.5. The van der Waals surface area contributed by atoms with Gasteiger partial charge in [0.25, 0.3) is 0 Å². The maximum absolute atomic E-state index is 13.5. The fourth-order valence-electron chi connectivity index (χ4n) is 9.57. The summed E-state index contributed by atoms with van der Waals surface area (Å²) in [4.78, 5) is 32.6. The third kappa shape index (κ3) is 9.12. The lowest BCUT2D eigenvalue weighted by atomic mass is 9.77. The van der Waals surface area contributed by atoms with Gasteiger partial charge in [-0.3, -0.25) is 4.90 Å². The number of nitrogens with one attached hydrogen (secondary N) is 1. The Hall–Kier alpha value is -4.26. The maximum atomic E-state index is 13.5. The number of hydrogen-bond acceptors (Lipinski definition) is 19. The molecule has 0 amide bonds. The van der Waals surface area contributed by atoms with Gasteiger partial charge >= 0.3 is 11.9 Å². The van der Waals surface area contributed by atoms with Crippen LogP contribution in [0.25, 0.3) is 10.9 Å². The first kappa shape index (κ1) is 47.7. The number of carbonyl (C=O) groups is 2. The predicted octanol–water partition coefficient (Wildman–Crippen LogP) is -0.856. The minimum absolute atomic E-state index is 0.171. The number of methoxy groups -OCH3 is 2. The Kier molecular flexibility index (Phi) is 15.3. The Balaban J connectivity index is 1.19. The molecule has 0 unspecified atom stereocenters. The quantitative estimate of drug-likeness (QED) is 0.0777. The van der Waals surface area contributed by atoms with Gasteiger partial charge in [-0.1, -0.05) is 30.4 Å². The lowest BCUT2D eigenvalue weighted by molar-refractivity contribution is -0.339. The van der Waals surface area contributed by atoms with E-state index in [4.69, 9.17) is 37.9 Å². The molecule has 7 rings (SSSR count). The van der Waals surface area contributed by atoms with Crippen molar-refractivity contribution in [1.82, 2.24) is 9.88 Å². The van der Waals surface area contributed by atoms with Crippen molar-refractivity contribution < 1.29 is 88.3 Å². The van der Waals surface area contributed by atoms with Crippen LogP contribution in [0, 0.1) is 23.7 Å². The second-order valence-corrected chi connectivity index (χ2v) is 16.5. The number of esters is 2. The van der Waals surface area contributed by atoms with Crippen molar-refractivity contribution in [3.63, 3.8) is 0 Å².